The highest BCUT2D eigenvalue weighted by molar-refractivity contribution is 5.69. The van der Waals surface area contributed by atoms with Crippen LogP contribution in [0, 0.1) is 0 Å². The summed E-state index contributed by atoms with van der Waals surface area (Å²) in [6.07, 6.45) is 3.74. The summed E-state index contributed by atoms with van der Waals surface area (Å²) in [6.45, 7) is 5.49. The first kappa shape index (κ1) is 18.2. The average molecular weight is 359 g/mol. The molecule has 0 saturated carbocycles. The number of carboxylic acids is 1. The largest absolute Gasteiger partial charge is 0.480 e. The minimum absolute atomic E-state index is 0.0513. The molecule has 0 saturated heterocycles. The van der Waals surface area contributed by atoms with Crippen molar-refractivity contribution < 1.29 is 9.90 Å². The second-order valence-corrected chi connectivity index (χ2v) is 6.54. The first-order valence-corrected chi connectivity index (χ1v) is 8.91. The van der Waals surface area contributed by atoms with Gasteiger partial charge in [0.1, 0.15) is 23.8 Å². The van der Waals surface area contributed by atoms with Gasteiger partial charge in [-0.2, -0.15) is 5.10 Å². The Morgan fingerprint density at radius 3 is 2.77 bits per heavy atom. The predicted molar refractivity (Wildman–Crippen MR) is 95.9 cm³/mol. The molecule has 140 valence electrons. The predicted octanol–water partition coefficient (Wildman–Crippen LogP) is 0.826. The highest BCUT2D eigenvalue weighted by Gasteiger charge is 2.22. The molecule has 0 radical (unpaired) electrons. The van der Waals surface area contributed by atoms with E-state index >= 15 is 0 Å². The number of aliphatic carboxylic acids is 1. The van der Waals surface area contributed by atoms with Gasteiger partial charge in [0.25, 0.3) is 0 Å². The second kappa shape index (κ2) is 7.77. The molecule has 1 atom stereocenters. The van der Waals surface area contributed by atoms with Crippen LogP contribution in [0.3, 0.4) is 0 Å². The Balaban J connectivity index is 1.87. The van der Waals surface area contributed by atoms with Crippen LogP contribution < -0.4 is 5.32 Å². The normalized spacial score (nSPS) is 16.0. The van der Waals surface area contributed by atoms with Gasteiger partial charge in [0.2, 0.25) is 0 Å². The molecule has 9 nitrogen and oxygen atoms in total. The van der Waals surface area contributed by atoms with Crippen LogP contribution in [0.25, 0.3) is 0 Å². The molecular weight excluding hydrogens is 334 g/mol. The first-order chi connectivity index (χ1) is 12.5. The van der Waals surface area contributed by atoms with Gasteiger partial charge in [0.05, 0.1) is 18.3 Å². The van der Waals surface area contributed by atoms with Crippen molar-refractivity contribution in [3.63, 3.8) is 0 Å². The van der Waals surface area contributed by atoms with E-state index in [9.17, 15) is 4.79 Å². The standard InChI is InChI=1S/C17H25N7O2/c1-4-14-21-13-6-8-24(9-15(25)26)7-5-12(13)16(22-14)20-11(2)17-18-10-19-23(17)3/h10-11H,4-9H2,1-3H3,(H,25,26)(H,20,21,22). The quantitative estimate of drug-likeness (QED) is 0.780. The number of aromatic nitrogens is 5. The van der Waals surface area contributed by atoms with E-state index in [4.69, 9.17) is 15.1 Å². The molecule has 2 aromatic heterocycles. The van der Waals surface area contributed by atoms with Gasteiger partial charge < -0.3 is 10.4 Å². The smallest absolute Gasteiger partial charge is 0.317 e. The minimum atomic E-state index is -0.800. The summed E-state index contributed by atoms with van der Waals surface area (Å²) >= 11 is 0. The third-order valence-corrected chi connectivity index (χ3v) is 4.64. The van der Waals surface area contributed by atoms with Crippen LogP contribution in [0.1, 0.15) is 42.8 Å². The minimum Gasteiger partial charge on any atom is -0.480 e. The van der Waals surface area contributed by atoms with E-state index in [1.165, 1.54) is 6.33 Å². The number of hydrogen-bond donors (Lipinski definition) is 2. The van der Waals surface area contributed by atoms with Gasteiger partial charge >= 0.3 is 5.97 Å². The van der Waals surface area contributed by atoms with Crippen LogP contribution in [0.2, 0.25) is 0 Å². The van der Waals surface area contributed by atoms with E-state index in [1.807, 2.05) is 25.8 Å². The SMILES string of the molecule is CCc1nc2c(c(NC(C)c3ncnn3C)n1)CCN(CC(=O)O)CC2. The summed E-state index contributed by atoms with van der Waals surface area (Å²) in [4.78, 5) is 26.7. The molecule has 0 fully saturated rings. The van der Waals surface area contributed by atoms with Crippen LogP contribution >= 0.6 is 0 Å². The summed E-state index contributed by atoms with van der Waals surface area (Å²) < 4.78 is 1.74. The number of nitrogens with zero attached hydrogens (tertiary/aromatic N) is 6. The van der Waals surface area contributed by atoms with Gasteiger partial charge in [-0.25, -0.2) is 15.0 Å². The number of rotatable bonds is 6. The summed E-state index contributed by atoms with van der Waals surface area (Å²) in [5.41, 5.74) is 2.08. The van der Waals surface area contributed by atoms with Gasteiger partial charge in [-0.3, -0.25) is 14.4 Å². The molecule has 0 aliphatic carbocycles. The molecule has 0 aromatic carbocycles. The number of anilines is 1. The van der Waals surface area contributed by atoms with Crippen molar-refractivity contribution in [2.75, 3.05) is 25.0 Å². The molecule has 1 unspecified atom stereocenters. The van der Waals surface area contributed by atoms with Crippen molar-refractivity contribution in [2.24, 2.45) is 7.05 Å². The Morgan fingerprint density at radius 1 is 1.35 bits per heavy atom. The number of aryl methyl sites for hydroxylation is 2. The van der Waals surface area contributed by atoms with Crippen LogP contribution in [-0.4, -0.2) is 60.3 Å². The van der Waals surface area contributed by atoms with Crippen molar-refractivity contribution in [1.82, 2.24) is 29.6 Å². The van der Waals surface area contributed by atoms with E-state index in [0.29, 0.717) is 13.1 Å². The molecule has 0 amide bonds. The molecule has 26 heavy (non-hydrogen) atoms. The number of hydrogen-bond acceptors (Lipinski definition) is 7. The maximum Gasteiger partial charge on any atom is 0.317 e. The highest BCUT2D eigenvalue weighted by Crippen LogP contribution is 2.25. The third kappa shape index (κ3) is 3.98. The fourth-order valence-electron chi connectivity index (χ4n) is 3.29. The molecular formula is C17H25N7O2. The fraction of sp³-hybridized carbons (Fsp3) is 0.588. The molecule has 9 heteroatoms. The monoisotopic (exact) mass is 359 g/mol. The summed E-state index contributed by atoms with van der Waals surface area (Å²) in [5, 5.41) is 16.7. The zero-order valence-electron chi connectivity index (χ0n) is 15.4. The van der Waals surface area contributed by atoms with Gasteiger partial charge in [0.15, 0.2) is 0 Å². The molecule has 1 aliphatic heterocycles. The molecule has 0 bridgehead atoms. The van der Waals surface area contributed by atoms with Gasteiger partial charge in [-0.1, -0.05) is 6.92 Å². The van der Waals surface area contributed by atoms with Crippen molar-refractivity contribution in [3.8, 4) is 0 Å². The van der Waals surface area contributed by atoms with E-state index in [0.717, 1.165) is 48.0 Å². The lowest BCUT2D eigenvalue weighted by Gasteiger charge is -2.19. The fourth-order valence-corrected chi connectivity index (χ4v) is 3.29. The van der Waals surface area contributed by atoms with E-state index in [-0.39, 0.29) is 12.6 Å². The maximum atomic E-state index is 11.0. The van der Waals surface area contributed by atoms with E-state index in [1.54, 1.807) is 4.68 Å². The highest BCUT2D eigenvalue weighted by atomic mass is 16.4. The lowest BCUT2D eigenvalue weighted by Crippen LogP contribution is -2.31. The Morgan fingerprint density at radius 2 is 2.12 bits per heavy atom. The molecule has 3 heterocycles. The van der Waals surface area contributed by atoms with Crippen molar-refractivity contribution in [2.45, 2.75) is 39.2 Å². The summed E-state index contributed by atoms with van der Waals surface area (Å²) in [6, 6.07) is -0.0513. The van der Waals surface area contributed by atoms with Crippen LogP contribution in [0.15, 0.2) is 6.33 Å². The Bertz CT molecular complexity index is 789. The number of nitrogens with one attached hydrogen (secondary N) is 1. The Labute approximate surface area is 152 Å². The van der Waals surface area contributed by atoms with Crippen molar-refractivity contribution in [1.29, 1.82) is 0 Å². The number of carbonyl (C=O) groups is 1. The van der Waals surface area contributed by atoms with Gasteiger partial charge in [0, 0.05) is 38.5 Å². The van der Waals surface area contributed by atoms with Crippen molar-refractivity contribution in [3.05, 3.63) is 29.2 Å². The molecule has 2 N–H and O–H groups in total. The zero-order valence-corrected chi connectivity index (χ0v) is 15.4. The molecule has 2 aromatic rings. The second-order valence-electron chi connectivity index (χ2n) is 6.54. The van der Waals surface area contributed by atoms with E-state index < -0.39 is 5.97 Å². The van der Waals surface area contributed by atoms with Gasteiger partial charge in [-0.05, 0) is 13.3 Å². The van der Waals surface area contributed by atoms with Crippen LogP contribution in [-0.2, 0) is 31.1 Å². The topological polar surface area (TPSA) is 109 Å². The lowest BCUT2D eigenvalue weighted by molar-refractivity contribution is -0.138. The van der Waals surface area contributed by atoms with Gasteiger partial charge in [-0.15, -0.1) is 0 Å². The molecule has 0 spiro atoms. The summed E-state index contributed by atoms with van der Waals surface area (Å²) in [5.74, 6) is 1.64. The Hall–Kier alpha value is -2.55. The molecule has 3 rings (SSSR count). The van der Waals surface area contributed by atoms with E-state index in [2.05, 4.69) is 15.4 Å². The maximum absolute atomic E-state index is 11.0. The third-order valence-electron chi connectivity index (χ3n) is 4.64. The average Bonchev–Trinajstić information content (AvgIpc) is 2.93. The van der Waals surface area contributed by atoms with Crippen molar-refractivity contribution >= 4 is 11.8 Å². The Kier molecular flexibility index (Phi) is 5.46. The first-order valence-electron chi connectivity index (χ1n) is 8.91. The van der Waals surface area contributed by atoms with Crippen LogP contribution in [0.5, 0.6) is 0 Å². The molecule has 1 aliphatic rings. The lowest BCUT2D eigenvalue weighted by atomic mass is 10.1. The zero-order chi connectivity index (χ0) is 18.7. The number of carboxylic acid groups (broad SMARTS) is 1. The summed E-state index contributed by atoms with van der Waals surface area (Å²) in [7, 11) is 1.86. The number of fused-ring (bicyclic) bond motifs is 1. The van der Waals surface area contributed by atoms with Crippen LogP contribution in [0.4, 0.5) is 5.82 Å².